The molecule has 0 amide bonds. The molecule has 0 aromatic heterocycles. The number of hydrogen-bond donors (Lipinski definition) is 1. The predicted octanol–water partition coefficient (Wildman–Crippen LogP) is 3.04. The fraction of sp³-hybridized carbons (Fsp3) is 0.571. The van der Waals surface area contributed by atoms with Crippen LogP contribution in [0.5, 0.6) is 0 Å². The summed E-state index contributed by atoms with van der Waals surface area (Å²) in [6, 6.07) is 6.94. The minimum atomic E-state index is 1.11. The lowest BCUT2D eigenvalue weighted by Crippen LogP contribution is -2.23. The van der Waals surface area contributed by atoms with Gasteiger partial charge in [0.05, 0.1) is 0 Å². The maximum Gasteiger partial charge on any atom is 0.0394 e. The molecule has 0 radical (unpaired) electrons. The number of benzene rings is 1. The molecule has 0 spiro atoms. The van der Waals surface area contributed by atoms with Crippen molar-refractivity contribution in [2.45, 2.75) is 32.1 Å². The van der Waals surface area contributed by atoms with Crippen molar-refractivity contribution < 1.29 is 0 Å². The van der Waals surface area contributed by atoms with Gasteiger partial charge >= 0.3 is 0 Å². The Morgan fingerprint density at radius 3 is 2.62 bits per heavy atom. The predicted molar refractivity (Wildman–Crippen MR) is 69.3 cm³/mol. The summed E-state index contributed by atoms with van der Waals surface area (Å²) >= 11 is 0. The Kier molecular flexibility index (Phi) is 2.73. The van der Waals surface area contributed by atoms with Gasteiger partial charge in [0.25, 0.3) is 0 Å². The molecule has 2 aliphatic heterocycles. The Morgan fingerprint density at radius 1 is 1.00 bits per heavy atom. The molecule has 16 heavy (non-hydrogen) atoms. The first-order valence-electron chi connectivity index (χ1n) is 6.55. The quantitative estimate of drug-likeness (QED) is 0.776. The van der Waals surface area contributed by atoms with E-state index in [9.17, 15) is 0 Å². The van der Waals surface area contributed by atoms with E-state index < -0.39 is 0 Å². The smallest absolute Gasteiger partial charge is 0.0394 e. The van der Waals surface area contributed by atoms with E-state index in [0.717, 1.165) is 6.54 Å². The zero-order valence-corrected chi connectivity index (χ0v) is 9.84. The van der Waals surface area contributed by atoms with Gasteiger partial charge in [0.1, 0.15) is 0 Å². The number of nitrogens with one attached hydrogen (secondary N) is 1. The van der Waals surface area contributed by atoms with Crippen LogP contribution in [0.3, 0.4) is 0 Å². The van der Waals surface area contributed by atoms with Gasteiger partial charge in [0.2, 0.25) is 0 Å². The third-order valence-corrected chi connectivity index (χ3v) is 3.77. The molecule has 2 nitrogen and oxygen atoms in total. The lowest BCUT2D eigenvalue weighted by Gasteiger charge is -2.23. The molecule has 3 rings (SSSR count). The van der Waals surface area contributed by atoms with Crippen molar-refractivity contribution in [1.29, 1.82) is 0 Å². The van der Waals surface area contributed by atoms with Crippen molar-refractivity contribution in [2.75, 3.05) is 29.9 Å². The Bertz CT molecular complexity index is 365. The van der Waals surface area contributed by atoms with Crippen LogP contribution in [0.4, 0.5) is 11.4 Å². The minimum Gasteiger partial charge on any atom is -0.384 e. The topological polar surface area (TPSA) is 15.3 Å². The van der Waals surface area contributed by atoms with Crippen molar-refractivity contribution in [3.63, 3.8) is 0 Å². The first kappa shape index (κ1) is 10.0. The van der Waals surface area contributed by atoms with Crippen molar-refractivity contribution in [2.24, 2.45) is 0 Å². The van der Waals surface area contributed by atoms with Gasteiger partial charge in [0.15, 0.2) is 0 Å². The van der Waals surface area contributed by atoms with Crippen molar-refractivity contribution >= 4 is 11.4 Å². The zero-order valence-electron chi connectivity index (χ0n) is 9.84. The molecule has 1 saturated heterocycles. The van der Waals surface area contributed by atoms with E-state index in [1.807, 2.05) is 0 Å². The monoisotopic (exact) mass is 216 g/mol. The van der Waals surface area contributed by atoms with Gasteiger partial charge in [-0.25, -0.2) is 0 Å². The molecule has 0 saturated carbocycles. The lowest BCUT2D eigenvalue weighted by atomic mass is 10.1. The van der Waals surface area contributed by atoms with E-state index >= 15 is 0 Å². The Morgan fingerprint density at radius 2 is 1.81 bits per heavy atom. The molecule has 2 aliphatic rings. The third-order valence-electron chi connectivity index (χ3n) is 3.77. The maximum atomic E-state index is 3.47. The molecule has 2 heteroatoms. The van der Waals surface area contributed by atoms with Gasteiger partial charge in [-0.1, -0.05) is 18.9 Å². The lowest BCUT2D eigenvalue weighted by molar-refractivity contribution is 0.726. The molecule has 0 bridgehead atoms. The van der Waals surface area contributed by atoms with Crippen LogP contribution in [-0.4, -0.2) is 19.6 Å². The average molecular weight is 216 g/mol. The first-order chi connectivity index (χ1) is 7.93. The van der Waals surface area contributed by atoms with Crippen molar-refractivity contribution in [3.05, 3.63) is 23.8 Å². The zero-order chi connectivity index (χ0) is 10.8. The number of rotatable bonds is 1. The second-order valence-corrected chi connectivity index (χ2v) is 4.92. The molecule has 86 valence electrons. The summed E-state index contributed by atoms with van der Waals surface area (Å²) in [5, 5.41) is 3.47. The summed E-state index contributed by atoms with van der Waals surface area (Å²) < 4.78 is 0. The van der Waals surface area contributed by atoms with Gasteiger partial charge in [-0.05, 0) is 37.0 Å². The van der Waals surface area contributed by atoms with Crippen LogP contribution >= 0.6 is 0 Å². The standard InChI is InChI=1S/C14H20N2/c1-2-4-10-16(9-3-1)13-6-5-12-7-8-15-14(12)11-13/h5-6,11,15H,1-4,7-10H2. The van der Waals surface area contributed by atoms with Crippen LogP contribution in [-0.2, 0) is 6.42 Å². The van der Waals surface area contributed by atoms with E-state index in [1.54, 1.807) is 0 Å². The molecule has 0 atom stereocenters. The van der Waals surface area contributed by atoms with Gasteiger partial charge in [0, 0.05) is 31.0 Å². The Labute approximate surface area is 97.6 Å². The summed E-state index contributed by atoms with van der Waals surface area (Å²) in [6.45, 7) is 3.58. The Balaban J connectivity index is 1.82. The van der Waals surface area contributed by atoms with E-state index in [4.69, 9.17) is 0 Å². The van der Waals surface area contributed by atoms with Gasteiger partial charge in [-0.3, -0.25) is 0 Å². The highest BCUT2D eigenvalue weighted by atomic mass is 15.1. The van der Waals surface area contributed by atoms with E-state index in [1.165, 1.54) is 62.1 Å². The fourth-order valence-corrected chi connectivity index (χ4v) is 2.80. The highest BCUT2D eigenvalue weighted by Gasteiger charge is 2.14. The molecule has 0 aliphatic carbocycles. The first-order valence-corrected chi connectivity index (χ1v) is 6.55. The Hall–Kier alpha value is -1.18. The second-order valence-electron chi connectivity index (χ2n) is 4.92. The van der Waals surface area contributed by atoms with Gasteiger partial charge in [-0.15, -0.1) is 0 Å². The number of fused-ring (bicyclic) bond motifs is 1. The number of hydrogen-bond acceptors (Lipinski definition) is 2. The van der Waals surface area contributed by atoms with Crippen LogP contribution in [0.25, 0.3) is 0 Å². The molecule has 2 heterocycles. The largest absolute Gasteiger partial charge is 0.384 e. The van der Waals surface area contributed by atoms with Crippen molar-refractivity contribution in [3.8, 4) is 0 Å². The summed E-state index contributed by atoms with van der Waals surface area (Å²) in [7, 11) is 0. The van der Waals surface area contributed by atoms with E-state index in [-0.39, 0.29) is 0 Å². The molecule has 1 N–H and O–H groups in total. The van der Waals surface area contributed by atoms with Crippen LogP contribution < -0.4 is 10.2 Å². The number of nitrogens with zero attached hydrogens (tertiary/aromatic N) is 1. The second kappa shape index (κ2) is 4.36. The molecule has 0 unspecified atom stereocenters. The van der Waals surface area contributed by atoms with Gasteiger partial charge < -0.3 is 10.2 Å². The van der Waals surface area contributed by atoms with Crippen LogP contribution in [0.1, 0.15) is 31.2 Å². The molecular weight excluding hydrogens is 196 g/mol. The van der Waals surface area contributed by atoms with Gasteiger partial charge in [-0.2, -0.15) is 0 Å². The fourth-order valence-electron chi connectivity index (χ4n) is 2.80. The SMILES string of the molecule is c1cc2c(cc1N1CCCCCC1)NCC2. The summed E-state index contributed by atoms with van der Waals surface area (Å²) in [6.07, 6.45) is 6.70. The molecule has 1 aromatic carbocycles. The molecule has 1 fully saturated rings. The third kappa shape index (κ3) is 1.89. The summed E-state index contributed by atoms with van der Waals surface area (Å²) in [5.41, 5.74) is 4.26. The van der Waals surface area contributed by atoms with Crippen molar-refractivity contribution in [1.82, 2.24) is 0 Å². The van der Waals surface area contributed by atoms with E-state index in [0.29, 0.717) is 0 Å². The molecular formula is C14H20N2. The van der Waals surface area contributed by atoms with Crippen LogP contribution in [0, 0.1) is 0 Å². The van der Waals surface area contributed by atoms with Crippen LogP contribution in [0.2, 0.25) is 0 Å². The van der Waals surface area contributed by atoms with Crippen LogP contribution in [0.15, 0.2) is 18.2 Å². The summed E-state index contributed by atoms with van der Waals surface area (Å²) in [5.74, 6) is 0. The molecule has 1 aromatic rings. The minimum absolute atomic E-state index is 1.11. The highest BCUT2D eigenvalue weighted by molar-refractivity contribution is 5.64. The van der Waals surface area contributed by atoms with E-state index in [2.05, 4.69) is 28.4 Å². The normalized spacial score (nSPS) is 20.1. The summed E-state index contributed by atoms with van der Waals surface area (Å²) in [4.78, 5) is 2.55. The highest BCUT2D eigenvalue weighted by Crippen LogP contribution is 2.28. The average Bonchev–Trinajstić information content (AvgIpc) is 2.61. The number of anilines is 2. The maximum absolute atomic E-state index is 3.47.